The molecule has 4 N–H and O–H groups in total. The van der Waals surface area contributed by atoms with Crippen molar-refractivity contribution in [2.75, 3.05) is 25.4 Å². The molecule has 2 aromatic carbocycles. The number of nitrogens with one attached hydrogen (secondary N) is 2. The first-order chi connectivity index (χ1) is 14.6. The number of nitrogens with two attached hydrogens (primary N) is 1. The summed E-state index contributed by atoms with van der Waals surface area (Å²) < 4.78 is 38.8. The predicted molar refractivity (Wildman–Crippen MR) is 111 cm³/mol. The fraction of sp³-hybridized carbons (Fsp3) is 0.333. The third kappa shape index (κ3) is 6.11. The molecule has 1 fully saturated rings. The van der Waals surface area contributed by atoms with Crippen LogP contribution in [0.1, 0.15) is 27.9 Å². The van der Waals surface area contributed by atoms with Crippen LogP contribution in [0.25, 0.3) is 0 Å². The second-order valence-corrected chi connectivity index (χ2v) is 7.80. The molecule has 0 bridgehead atoms. The van der Waals surface area contributed by atoms with Crippen LogP contribution >= 0.6 is 11.6 Å². The molecule has 0 saturated carbocycles. The fourth-order valence-electron chi connectivity index (χ4n) is 3.49. The Labute approximate surface area is 182 Å². The van der Waals surface area contributed by atoms with Gasteiger partial charge in [-0.25, -0.2) is 0 Å². The number of benzene rings is 2. The molecular weight excluding hydrogens is 433 g/mol. The Balaban J connectivity index is 1.47. The van der Waals surface area contributed by atoms with Crippen molar-refractivity contribution in [2.45, 2.75) is 25.2 Å². The lowest BCUT2D eigenvalue weighted by atomic mass is 10.1. The Morgan fingerprint density at radius 2 is 1.87 bits per heavy atom. The number of halogens is 4. The zero-order valence-corrected chi connectivity index (χ0v) is 17.3. The molecule has 2 amide bonds. The summed E-state index contributed by atoms with van der Waals surface area (Å²) in [6.07, 6.45) is -3.91. The zero-order valence-electron chi connectivity index (χ0n) is 16.5. The minimum Gasteiger partial charge on any atom is -0.398 e. The second-order valence-electron chi connectivity index (χ2n) is 7.36. The molecule has 1 atom stereocenters. The number of anilines is 1. The minimum absolute atomic E-state index is 0.0738. The summed E-state index contributed by atoms with van der Waals surface area (Å²) in [7, 11) is 0. The van der Waals surface area contributed by atoms with Gasteiger partial charge in [-0.1, -0.05) is 29.8 Å². The molecule has 10 heteroatoms. The molecule has 3 rings (SSSR count). The maximum absolute atomic E-state index is 12.9. The van der Waals surface area contributed by atoms with Crippen LogP contribution in [0.4, 0.5) is 18.9 Å². The van der Waals surface area contributed by atoms with Gasteiger partial charge < -0.3 is 16.4 Å². The molecule has 1 aliphatic heterocycles. The van der Waals surface area contributed by atoms with Crippen LogP contribution in [0.3, 0.4) is 0 Å². The van der Waals surface area contributed by atoms with Gasteiger partial charge in [-0.15, -0.1) is 0 Å². The van der Waals surface area contributed by atoms with Crippen LogP contribution < -0.4 is 16.4 Å². The quantitative estimate of drug-likeness (QED) is 0.585. The molecule has 0 radical (unpaired) electrons. The van der Waals surface area contributed by atoms with Crippen molar-refractivity contribution in [1.82, 2.24) is 15.5 Å². The third-order valence-electron chi connectivity index (χ3n) is 5.02. The number of nitrogen functional groups attached to an aromatic ring is 1. The lowest BCUT2D eigenvalue weighted by Gasteiger charge is -2.17. The number of likely N-dealkylation sites (tertiary alicyclic amines) is 1. The number of hydrogen-bond acceptors (Lipinski definition) is 4. The highest BCUT2D eigenvalue weighted by Crippen LogP contribution is 2.34. The molecule has 0 spiro atoms. The van der Waals surface area contributed by atoms with Gasteiger partial charge in [0.2, 0.25) is 5.91 Å². The molecule has 6 nitrogen and oxygen atoms in total. The van der Waals surface area contributed by atoms with Crippen molar-refractivity contribution in [3.05, 3.63) is 64.2 Å². The normalized spacial score (nSPS) is 16.8. The fourth-order valence-corrected chi connectivity index (χ4v) is 3.61. The summed E-state index contributed by atoms with van der Waals surface area (Å²) in [4.78, 5) is 26.6. The number of carbonyl (C=O) groups is 2. The van der Waals surface area contributed by atoms with E-state index in [1.165, 1.54) is 6.07 Å². The number of para-hydroxylation sites is 1. The molecule has 166 valence electrons. The Kier molecular flexibility index (Phi) is 7.07. The topological polar surface area (TPSA) is 87.5 Å². The van der Waals surface area contributed by atoms with Crippen LogP contribution in [0.2, 0.25) is 5.02 Å². The molecule has 0 aromatic heterocycles. The highest BCUT2D eigenvalue weighted by molar-refractivity contribution is 6.30. The number of nitrogens with zero attached hydrogens (tertiary/aromatic N) is 1. The van der Waals surface area contributed by atoms with E-state index in [9.17, 15) is 22.8 Å². The predicted octanol–water partition coefficient (Wildman–Crippen LogP) is 3.06. The summed E-state index contributed by atoms with van der Waals surface area (Å²) in [5.41, 5.74) is 4.54. The van der Waals surface area contributed by atoms with E-state index in [1.54, 1.807) is 0 Å². The van der Waals surface area contributed by atoms with Gasteiger partial charge in [-0.2, -0.15) is 13.2 Å². The first kappa shape index (κ1) is 22.9. The van der Waals surface area contributed by atoms with Crippen molar-refractivity contribution in [1.29, 1.82) is 0 Å². The van der Waals surface area contributed by atoms with E-state index in [-0.39, 0.29) is 18.2 Å². The maximum atomic E-state index is 12.9. The van der Waals surface area contributed by atoms with Gasteiger partial charge in [0.25, 0.3) is 5.91 Å². The number of carbonyl (C=O) groups excluding carboxylic acids is 2. The maximum Gasteiger partial charge on any atom is 0.418 e. The zero-order chi connectivity index (χ0) is 22.6. The van der Waals surface area contributed by atoms with Crippen LogP contribution in [-0.4, -0.2) is 42.4 Å². The molecule has 1 aliphatic rings. The van der Waals surface area contributed by atoms with E-state index >= 15 is 0 Å². The van der Waals surface area contributed by atoms with Crippen LogP contribution in [0, 0.1) is 0 Å². The summed E-state index contributed by atoms with van der Waals surface area (Å²) >= 11 is 5.89. The Hall–Kier alpha value is -2.78. The van der Waals surface area contributed by atoms with Gasteiger partial charge >= 0.3 is 6.18 Å². The van der Waals surface area contributed by atoms with Crippen LogP contribution in [0.5, 0.6) is 0 Å². The van der Waals surface area contributed by atoms with Gasteiger partial charge in [0.05, 0.1) is 23.4 Å². The number of alkyl halides is 3. The summed E-state index contributed by atoms with van der Waals surface area (Å²) in [6, 6.07) is 10.6. The lowest BCUT2D eigenvalue weighted by molar-refractivity contribution is -0.137. The van der Waals surface area contributed by atoms with Crippen molar-refractivity contribution < 1.29 is 22.8 Å². The van der Waals surface area contributed by atoms with Gasteiger partial charge in [-0.05, 0) is 36.2 Å². The minimum atomic E-state index is -4.67. The first-order valence-corrected chi connectivity index (χ1v) is 10.0. The van der Waals surface area contributed by atoms with E-state index in [0.29, 0.717) is 11.6 Å². The van der Waals surface area contributed by atoms with Crippen molar-refractivity contribution >= 4 is 29.1 Å². The van der Waals surface area contributed by atoms with E-state index in [2.05, 4.69) is 15.5 Å². The highest BCUT2D eigenvalue weighted by Gasteiger charge is 2.34. The van der Waals surface area contributed by atoms with Gasteiger partial charge in [0.1, 0.15) is 0 Å². The largest absolute Gasteiger partial charge is 0.418 e. The van der Waals surface area contributed by atoms with E-state index in [1.807, 2.05) is 24.3 Å². The monoisotopic (exact) mass is 454 g/mol. The van der Waals surface area contributed by atoms with Crippen molar-refractivity contribution in [2.24, 2.45) is 0 Å². The molecule has 2 aromatic rings. The van der Waals surface area contributed by atoms with Gasteiger partial charge in [0.15, 0.2) is 0 Å². The Morgan fingerprint density at radius 3 is 2.55 bits per heavy atom. The molecule has 1 unspecified atom stereocenters. The average molecular weight is 455 g/mol. The number of hydrogen-bond donors (Lipinski definition) is 3. The van der Waals surface area contributed by atoms with Crippen LogP contribution in [-0.2, 0) is 17.5 Å². The summed E-state index contributed by atoms with van der Waals surface area (Å²) in [6.45, 7) is 1.83. The summed E-state index contributed by atoms with van der Waals surface area (Å²) in [5, 5.41) is 5.83. The molecule has 31 heavy (non-hydrogen) atoms. The van der Waals surface area contributed by atoms with E-state index in [0.717, 1.165) is 37.2 Å². The molecular formula is C21H22ClF3N4O2. The standard InChI is InChI=1S/C21H22ClF3N4O2/c22-14-6-4-13(5-7-14)11-29-9-8-15(12-29)28-18(30)10-27-20(31)16-2-1-3-17(19(16)26)21(23,24)25/h1-7,15H,8-12,26H2,(H,27,31)(H,28,30). The van der Waals surface area contributed by atoms with Gasteiger partial charge in [0, 0.05) is 30.7 Å². The third-order valence-corrected chi connectivity index (χ3v) is 5.27. The van der Waals surface area contributed by atoms with Crippen LogP contribution in [0.15, 0.2) is 42.5 Å². The Bertz CT molecular complexity index is 951. The lowest BCUT2D eigenvalue weighted by Crippen LogP contribution is -2.43. The SMILES string of the molecule is Nc1c(C(=O)NCC(=O)NC2CCN(Cc3ccc(Cl)cc3)C2)cccc1C(F)(F)F. The smallest absolute Gasteiger partial charge is 0.398 e. The second kappa shape index (κ2) is 9.57. The first-order valence-electron chi connectivity index (χ1n) is 9.63. The number of amides is 2. The molecule has 0 aliphatic carbocycles. The number of rotatable bonds is 6. The van der Waals surface area contributed by atoms with Crippen molar-refractivity contribution in [3.8, 4) is 0 Å². The average Bonchev–Trinajstić information content (AvgIpc) is 3.14. The molecule has 1 saturated heterocycles. The molecule has 1 heterocycles. The Morgan fingerprint density at radius 1 is 1.16 bits per heavy atom. The van der Waals surface area contributed by atoms with Crippen molar-refractivity contribution in [3.63, 3.8) is 0 Å². The van der Waals surface area contributed by atoms with E-state index in [4.69, 9.17) is 17.3 Å². The van der Waals surface area contributed by atoms with Gasteiger partial charge in [-0.3, -0.25) is 14.5 Å². The summed E-state index contributed by atoms with van der Waals surface area (Å²) in [5.74, 6) is -1.26. The highest BCUT2D eigenvalue weighted by atomic mass is 35.5. The van der Waals surface area contributed by atoms with E-state index < -0.39 is 29.2 Å².